The van der Waals surface area contributed by atoms with Gasteiger partial charge in [-0.25, -0.2) is 0 Å². The molecule has 2 heterocycles. The summed E-state index contributed by atoms with van der Waals surface area (Å²) in [4.78, 5) is 14.1. The van der Waals surface area contributed by atoms with E-state index in [1.165, 1.54) is 11.1 Å². The van der Waals surface area contributed by atoms with Crippen molar-refractivity contribution >= 4 is 0 Å². The van der Waals surface area contributed by atoms with E-state index in [2.05, 4.69) is 39.4 Å². The summed E-state index contributed by atoms with van der Waals surface area (Å²) >= 11 is 0. The topological polar surface area (TPSA) is 72.1 Å². The molecule has 0 radical (unpaired) electrons. The Hall–Kier alpha value is -1.85. The predicted molar refractivity (Wildman–Crippen MR) is 95.2 cm³/mol. The van der Waals surface area contributed by atoms with E-state index in [0.717, 1.165) is 56.6 Å². The Morgan fingerprint density at radius 2 is 1.75 bits per heavy atom. The van der Waals surface area contributed by atoms with Gasteiger partial charge >= 0.3 is 0 Å². The first-order valence-electron chi connectivity index (χ1n) is 8.72. The number of nitrogens with zero attached hydrogens (tertiary/aromatic N) is 1. The lowest BCUT2D eigenvalue weighted by Crippen LogP contribution is -2.26. The first-order chi connectivity index (χ1) is 11.4. The Balaban J connectivity index is 1.56. The number of fused-ring (bicyclic) bond motifs is 1. The molecule has 5 heteroatoms. The molecule has 1 aromatic carbocycles. The fraction of sp³-hybridized carbons (Fsp3) is 0.526. The van der Waals surface area contributed by atoms with Crippen LogP contribution in [0.3, 0.4) is 0 Å². The van der Waals surface area contributed by atoms with Crippen LogP contribution in [-0.2, 0) is 25.8 Å². The van der Waals surface area contributed by atoms with Crippen molar-refractivity contribution in [1.82, 2.24) is 15.1 Å². The molecule has 0 bridgehead atoms. The minimum atomic E-state index is -0.613. The van der Waals surface area contributed by atoms with E-state index in [4.69, 9.17) is 0 Å². The van der Waals surface area contributed by atoms with Crippen LogP contribution in [0.15, 0.2) is 29.1 Å². The summed E-state index contributed by atoms with van der Waals surface area (Å²) in [6, 6.07) is 8.67. The summed E-state index contributed by atoms with van der Waals surface area (Å²) in [7, 11) is 0. The van der Waals surface area contributed by atoms with Gasteiger partial charge in [0.1, 0.15) is 0 Å². The molecule has 0 amide bonds. The van der Waals surface area contributed by atoms with Crippen LogP contribution in [0, 0.1) is 0 Å². The Bertz CT molecular complexity index is 722. The molecule has 2 aromatic rings. The first-order valence-corrected chi connectivity index (χ1v) is 8.72. The van der Waals surface area contributed by atoms with Crippen LogP contribution in [0.2, 0.25) is 0 Å². The monoisotopic (exact) mass is 329 g/mol. The zero-order valence-electron chi connectivity index (χ0n) is 14.6. The number of H-pyrrole nitrogens is 2. The highest BCUT2D eigenvalue weighted by molar-refractivity contribution is 5.23. The molecular weight excluding hydrogens is 302 g/mol. The number of hydrogen-bond acceptors (Lipinski definition) is 3. The van der Waals surface area contributed by atoms with E-state index in [1.54, 1.807) is 0 Å². The van der Waals surface area contributed by atoms with Crippen molar-refractivity contribution in [2.24, 2.45) is 0 Å². The molecule has 0 atom stereocenters. The van der Waals surface area contributed by atoms with E-state index < -0.39 is 5.60 Å². The van der Waals surface area contributed by atoms with Gasteiger partial charge in [-0.1, -0.05) is 24.3 Å². The van der Waals surface area contributed by atoms with E-state index in [1.807, 2.05) is 13.8 Å². The van der Waals surface area contributed by atoms with Crippen LogP contribution in [-0.4, -0.2) is 38.9 Å². The molecule has 24 heavy (non-hydrogen) atoms. The van der Waals surface area contributed by atoms with Crippen molar-refractivity contribution in [3.8, 4) is 0 Å². The van der Waals surface area contributed by atoms with Gasteiger partial charge in [-0.3, -0.25) is 14.8 Å². The van der Waals surface area contributed by atoms with Gasteiger partial charge < -0.3 is 10.2 Å². The second-order valence-corrected chi connectivity index (χ2v) is 7.44. The minimum Gasteiger partial charge on any atom is -0.390 e. The predicted octanol–water partition coefficient (Wildman–Crippen LogP) is 2.01. The van der Waals surface area contributed by atoms with Crippen LogP contribution >= 0.6 is 0 Å². The molecule has 3 N–H and O–H groups in total. The average Bonchev–Trinajstić information content (AvgIpc) is 2.76. The fourth-order valence-electron chi connectivity index (χ4n) is 3.23. The highest BCUT2D eigenvalue weighted by Gasteiger charge is 2.18. The maximum Gasteiger partial charge on any atom is 0.267 e. The molecule has 1 aliphatic heterocycles. The summed E-state index contributed by atoms with van der Waals surface area (Å²) in [6.45, 7) is 6.48. The summed E-state index contributed by atoms with van der Waals surface area (Å²) in [5, 5.41) is 15.5. The second-order valence-electron chi connectivity index (χ2n) is 7.44. The molecule has 3 rings (SSSR count). The number of aryl methyl sites for hydroxylation is 1. The number of nitrogens with one attached hydrogen (secondary N) is 2. The SMILES string of the molecule is CC(C)(O)CCc1ccc(CN2CCc3[nH][nH]c(=O)c3CC2)cc1. The largest absolute Gasteiger partial charge is 0.390 e. The van der Waals surface area contributed by atoms with Gasteiger partial charge in [0.25, 0.3) is 5.56 Å². The van der Waals surface area contributed by atoms with Gasteiger partial charge in [0.2, 0.25) is 0 Å². The maximum atomic E-state index is 11.7. The number of aliphatic hydroxyl groups is 1. The maximum absolute atomic E-state index is 11.7. The zero-order valence-corrected chi connectivity index (χ0v) is 14.6. The van der Waals surface area contributed by atoms with Crippen LogP contribution in [0.1, 0.15) is 42.7 Å². The third-order valence-electron chi connectivity index (χ3n) is 4.78. The van der Waals surface area contributed by atoms with Crippen LogP contribution < -0.4 is 5.56 Å². The molecular formula is C19H27N3O2. The molecule has 0 spiro atoms. The van der Waals surface area contributed by atoms with Gasteiger partial charge in [-0.2, -0.15) is 0 Å². The Morgan fingerprint density at radius 3 is 2.46 bits per heavy atom. The van der Waals surface area contributed by atoms with Crippen molar-refractivity contribution in [1.29, 1.82) is 0 Å². The number of rotatable bonds is 5. The zero-order chi connectivity index (χ0) is 17.2. The minimum absolute atomic E-state index is 0.0306. The Labute approximate surface area is 142 Å². The molecule has 1 aromatic heterocycles. The lowest BCUT2D eigenvalue weighted by molar-refractivity contribution is 0.0714. The van der Waals surface area contributed by atoms with Crippen molar-refractivity contribution in [2.75, 3.05) is 13.1 Å². The number of benzene rings is 1. The molecule has 0 fully saturated rings. The molecule has 0 saturated heterocycles. The molecule has 0 aliphatic carbocycles. The lowest BCUT2D eigenvalue weighted by Gasteiger charge is -2.20. The van der Waals surface area contributed by atoms with Crippen molar-refractivity contribution in [3.63, 3.8) is 0 Å². The summed E-state index contributed by atoms with van der Waals surface area (Å²) < 4.78 is 0. The first kappa shape index (κ1) is 17.0. The number of hydrogen-bond donors (Lipinski definition) is 3. The highest BCUT2D eigenvalue weighted by atomic mass is 16.3. The summed E-state index contributed by atoms with van der Waals surface area (Å²) in [5.41, 5.74) is 3.95. The van der Waals surface area contributed by atoms with Crippen molar-refractivity contribution in [2.45, 2.75) is 51.7 Å². The van der Waals surface area contributed by atoms with Crippen LogP contribution in [0.5, 0.6) is 0 Å². The number of aromatic nitrogens is 2. The second kappa shape index (κ2) is 6.95. The molecule has 0 saturated carbocycles. The Morgan fingerprint density at radius 1 is 1.08 bits per heavy atom. The third kappa shape index (κ3) is 4.36. The molecule has 5 nitrogen and oxygen atoms in total. The van der Waals surface area contributed by atoms with E-state index >= 15 is 0 Å². The van der Waals surface area contributed by atoms with E-state index in [0.29, 0.717) is 0 Å². The van der Waals surface area contributed by atoms with Crippen molar-refractivity contribution in [3.05, 3.63) is 57.0 Å². The standard InChI is InChI=1S/C19H27N3O2/c1-19(2,24)10-7-14-3-5-15(6-4-14)13-22-11-8-16-17(9-12-22)20-21-18(16)23/h3-6,24H,7-13H2,1-2H3,(H2,20,21,23). The lowest BCUT2D eigenvalue weighted by atomic mass is 9.98. The van der Waals surface area contributed by atoms with Crippen LogP contribution in [0.25, 0.3) is 0 Å². The summed E-state index contributed by atoms with van der Waals surface area (Å²) in [5.74, 6) is 0. The third-order valence-corrected chi connectivity index (χ3v) is 4.78. The van der Waals surface area contributed by atoms with E-state index in [9.17, 15) is 9.90 Å². The van der Waals surface area contributed by atoms with Gasteiger partial charge in [0.05, 0.1) is 5.60 Å². The molecule has 0 unspecified atom stereocenters. The Kier molecular flexibility index (Phi) is 4.92. The van der Waals surface area contributed by atoms with Gasteiger partial charge in [-0.15, -0.1) is 0 Å². The quantitative estimate of drug-likeness (QED) is 0.786. The molecule has 130 valence electrons. The van der Waals surface area contributed by atoms with Gasteiger partial charge in [0.15, 0.2) is 0 Å². The smallest absolute Gasteiger partial charge is 0.267 e. The van der Waals surface area contributed by atoms with Gasteiger partial charge in [0, 0.05) is 37.3 Å². The molecule has 1 aliphatic rings. The highest BCUT2D eigenvalue weighted by Crippen LogP contribution is 2.16. The van der Waals surface area contributed by atoms with Crippen LogP contribution in [0.4, 0.5) is 0 Å². The summed E-state index contributed by atoms with van der Waals surface area (Å²) in [6.07, 6.45) is 3.35. The van der Waals surface area contributed by atoms with Crippen molar-refractivity contribution < 1.29 is 5.11 Å². The number of aromatic amines is 2. The normalized spacial score (nSPS) is 16.0. The fourth-order valence-corrected chi connectivity index (χ4v) is 3.23. The average molecular weight is 329 g/mol. The van der Waals surface area contributed by atoms with Gasteiger partial charge in [-0.05, 0) is 44.2 Å². The van der Waals surface area contributed by atoms with E-state index in [-0.39, 0.29) is 5.56 Å².